The number of rotatable bonds is 7. The van der Waals surface area contributed by atoms with Crippen molar-refractivity contribution in [3.8, 4) is 0 Å². The zero-order valence-electron chi connectivity index (χ0n) is 22.5. The number of aryl methyl sites for hydroxylation is 1. The van der Waals surface area contributed by atoms with Crippen molar-refractivity contribution in [3.05, 3.63) is 106 Å². The zero-order valence-corrected chi connectivity index (χ0v) is 24.0. The van der Waals surface area contributed by atoms with Crippen molar-refractivity contribution in [1.82, 2.24) is 9.80 Å². The number of carbonyl (C=O) groups is 2. The summed E-state index contributed by atoms with van der Waals surface area (Å²) in [7, 11) is 0. The maximum Gasteiger partial charge on any atom is 0.416 e. The molecule has 4 rings (SSSR count). The van der Waals surface area contributed by atoms with Gasteiger partial charge in [0.15, 0.2) is 5.66 Å². The van der Waals surface area contributed by atoms with E-state index in [4.69, 9.17) is 23.2 Å². The fourth-order valence-corrected chi connectivity index (χ4v) is 6.56. The molecule has 1 saturated heterocycles. The highest BCUT2D eigenvalue weighted by Crippen LogP contribution is 2.55. The van der Waals surface area contributed by atoms with Crippen molar-refractivity contribution in [2.75, 3.05) is 0 Å². The lowest BCUT2D eigenvalue weighted by Crippen LogP contribution is -2.62. The zero-order chi connectivity index (χ0) is 28.5. The first-order chi connectivity index (χ1) is 18.4. The summed E-state index contributed by atoms with van der Waals surface area (Å²) >= 11 is 13.6. The van der Waals surface area contributed by atoms with E-state index < -0.39 is 41.3 Å². The van der Waals surface area contributed by atoms with Crippen LogP contribution in [-0.2, 0) is 16.9 Å². The van der Waals surface area contributed by atoms with E-state index in [2.05, 4.69) is 0 Å². The van der Waals surface area contributed by atoms with E-state index >= 15 is 0 Å². The number of hydrogen-bond acceptors (Lipinski definition) is 4. The van der Waals surface area contributed by atoms with Crippen LogP contribution in [0.5, 0.6) is 0 Å². The van der Waals surface area contributed by atoms with Crippen LogP contribution in [0, 0.1) is 5.41 Å². The molecule has 1 unspecified atom stereocenters. The highest BCUT2D eigenvalue weighted by Gasteiger charge is 2.68. The molecule has 0 bridgehead atoms. The van der Waals surface area contributed by atoms with Crippen molar-refractivity contribution in [3.63, 3.8) is 0 Å². The van der Waals surface area contributed by atoms with Crippen LogP contribution in [0.1, 0.15) is 56.8 Å². The molecule has 3 aromatic rings. The van der Waals surface area contributed by atoms with Gasteiger partial charge in [-0.05, 0) is 48.4 Å². The minimum Gasteiger partial charge on any atom is -0.465 e. The van der Waals surface area contributed by atoms with Gasteiger partial charge < -0.3 is 10.2 Å². The molecule has 4 atom stereocenters. The minimum atomic E-state index is -1.90. The van der Waals surface area contributed by atoms with E-state index in [0.717, 1.165) is 16.0 Å². The van der Waals surface area contributed by atoms with Crippen LogP contribution in [0.25, 0.3) is 0 Å². The van der Waals surface area contributed by atoms with E-state index in [1.54, 1.807) is 18.2 Å². The summed E-state index contributed by atoms with van der Waals surface area (Å²) in [6.45, 7) is 7.58. The second-order valence-electron chi connectivity index (χ2n) is 11.1. The number of aliphatic hydroxyl groups is 1. The standard InChI is InChI=1S/C31H34Cl2N2O4/c1-20(22-14-9-6-10-15-22)34-27(30(2,3)4)28(37)35(29(38)39)31(34,26-23(32)16-11-17-24(26)33)25(36)19-18-21-12-7-5-8-13-21/h5-17,20,25,27,36H,18-19H2,1-4H3,(H,38,39)/t20?,25-,27-,31+/m1/s1. The van der Waals surface area contributed by atoms with Crippen LogP contribution in [-0.4, -0.2) is 44.2 Å². The number of nitrogens with zero attached hydrogens (tertiary/aromatic N) is 2. The molecule has 2 N–H and O–H groups in total. The van der Waals surface area contributed by atoms with Gasteiger partial charge in [-0.3, -0.25) is 9.69 Å². The molecule has 1 fully saturated rings. The molecular weight excluding hydrogens is 535 g/mol. The molecule has 0 aromatic heterocycles. The fourth-order valence-electron chi connectivity index (χ4n) is 5.89. The predicted molar refractivity (Wildman–Crippen MR) is 154 cm³/mol. The van der Waals surface area contributed by atoms with E-state index in [1.807, 2.05) is 93.3 Å². The molecule has 1 aliphatic heterocycles. The third-order valence-electron chi connectivity index (χ3n) is 7.52. The first kappa shape index (κ1) is 29.1. The molecule has 39 heavy (non-hydrogen) atoms. The van der Waals surface area contributed by atoms with Crippen molar-refractivity contribution < 1.29 is 19.8 Å². The smallest absolute Gasteiger partial charge is 0.416 e. The maximum absolute atomic E-state index is 14.2. The number of amides is 2. The number of carbonyl (C=O) groups excluding carboxylic acids is 1. The number of benzene rings is 3. The van der Waals surface area contributed by atoms with Crippen LogP contribution in [0.2, 0.25) is 10.0 Å². The van der Waals surface area contributed by atoms with Crippen LogP contribution in [0.3, 0.4) is 0 Å². The average Bonchev–Trinajstić information content (AvgIpc) is 3.18. The third-order valence-corrected chi connectivity index (χ3v) is 8.15. The van der Waals surface area contributed by atoms with Gasteiger partial charge in [0.25, 0.3) is 5.91 Å². The Morgan fingerprint density at radius 3 is 2.00 bits per heavy atom. The molecule has 3 aromatic carbocycles. The molecule has 8 heteroatoms. The van der Waals surface area contributed by atoms with Gasteiger partial charge in [0.05, 0.1) is 12.1 Å². The van der Waals surface area contributed by atoms with Crippen LogP contribution in [0.15, 0.2) is 78.9 Å². The van der Waals surface area contributed by atoms with Crippen LogP contribution >= 0.6 is 23.2 Å². The van der Waals surface area contributed by atoms with Crippen molar-refractivity contribution in [1.29, 1.82) is 0 Å². The lowest BCUT2D eigenvalue weighted by molar-refractivity contribution is -0.137. The number of hydrogen-bond donors (Lipinski definition) is 2. The topological polar surface area (TPSA) is 81.1 Å². The van der Waals surface area contributed by atoms with Gasteiger partial charge in [0, 0.05) is 21.7 Å². The summed E-state index contributed by atoms with van der Waals surface area (Å²) in [6, 6.07) is 22.6. The van der Waals surface area contributed by atoms with Crippen molar-refractivity contribution >= 4 is 35.2 Å². The second-order valence-corrected chi connectivity index (χ2v) is 11.9. The van der Waals surface area contributed by atoms with Gasteiger partial charge in [-0.25, -0.2) is 9.69 Å². The highest BCUT2D eigenvalue weighted by atomic mass is 35.5. The van der Waals surface area contributed by atoms with Crippen LogP contribution in [0.4, 0.5) is 4.79 Å². The maximum atomic E-state index is 14.2. The number of carboxylic acid groups (broad SMARTS) is 1. The SMILES string of the molecule is CC(c1ccccc1)N1[C@@H](C(C)(C)C)C(=O)N(C(=O)O)[C@]1(c1c(Cl)cccc1Cl)[C@H](O)CCc1ccccc1. The fraction of sp³-hybridized carbons (Fsp3) is 0.355. The number of imide groups is 1. The first-order valence-electron chi connectivity index (χ1n) is 13.0. The third kappa shape index (κ3) is 5.19. The van der Waals surface area contributed by atoms with Crippen molar-refractivity contribution in [2.24, 2.45) is 5.41 Å². The molecule has 1 aliphatic rings. The van der Waals surface area contributed by atoms with E-state index in [1.165, 1.54) is 0 Å². The van der Waals surface area contributed by atoms with E-state index in [-0.39, 0.29) is 22.0 Å². The lowest BCUT2D eigenvalue weighted by atomic mass is 9.81. The molecule has 0 radical (unpaired) electrons. The Labute approximate surface area is 239 Å². The minimum absolute atomic E-state index is 0.150. The first-order valence-corrected chi connectivity index (χ1v) is 13.7. The van der Waals surface area contributed by atoms with Crippen LogP contribution < -0.4 is 0 Å². The number of halogens is 2. The molecule has 6 nitrogen and oxygen atoms in total. The average molecular weight is 570 g/mol. The summed E-state index contributed by atoms with van der Waals surface area (Å²) in [6.07, 6.45) is -2.25. The molecule has 2 amide bonds. The summed E-state index contributed by atoms with van der Waals surface area (Å²) in [5, 5.41) is 23.2. The molecule has 1 heterocycles. The Morgan fingerprint density at radius 1 is 0.949 bits per heavy atom. The largest absolute Gasteiger partial charge is 0.465 e. The van der Waals surface area contributed by atoms with Gasteiger partial charge >= 0.3 is 6.09 Å². The molecule has 0 spiro atoms. The molecule has 0 aliphatic carbocycles. The molecule has 206 valence electrons. The second kappa shape index (κ2) is 11.3. The number of aliphatic hydroxyl groups excluding tert-OH is 1. The van der Waals surface area contributed by atoms with E-state index in [0.29, 0.717) is 6.42 Å². The van der Waals surface area contributed by atoms with Gasteiger partial charge in [-0.15, -0.1) is 0 Å². The van der Waals surface area contributed by atoms with Gasteiger partial charge in [0.1, 0.15) is 0 Å². The Morgan fingerprint density at radius 2 is 1.49 bits per heavy atom. The molecule has 0 saturated carbocycles. The van der Waals surface area contributed by atoms with Gasteiger partial charge in [0.2, 0.25) is 0 Å². The summed E-state index contributed by atoms with van der Waals surface area (Å²) in [5.74, 6) is -0.632. The van der Waals surface area contributed by atoms with Gasteiger partial charge in [-0.1, -0.05) is 111 Å². The summed E-state index contributed by atoms with van der Waals surface area (Å²) in [4.78, 5) is 29.9. The van der Waals surface area contributed by atoms with Gasteiger partial charge in [-0.2, -0.15) is 0 Å². The monoisotopic (exact) mass is 568 g/mol. The molecular formula is C31H34Cl2N2O4. The predicted octanol–water partition coefficient (Wildman–Crippen LogP) is 7.14. The normalized spacial score (nSPS) is 21.7. The van der Waals surface area contributed by atoms with E-state index in [9.17, 15) is 19.8 Å². The summed E-state index contributed by atoms with van der Waals surface area (Å²) < 4.78 is 0. The Bertz CT molecular complexity index is 1310. The Kier molecular flexibility index (Phi) is 8.43. The Hall–Kier alpha value is -2.90. The quantitative estimate of drug-likeness (QED) is 0.316. The summed E-state index contributed by atoms with van der Waals surface area (Å²) in [5.41, 5.74) is -0.588. The van der Waals surface area contributed by atoms with Crippen molar-refractivity contribution in [2.45, 2.75) is 64.4 Å². The Balaban J connectivity index is 2.05. The highest BCUT2D eigenvalue weighted by molar-refractivity contribution is 6.36. The lowest BCUT2D eigenvalue weighted by Gasteiger charge is -2.50.